The zero-order valence-corrected chi connectivity index (χ0v) is 20.3. The van der Waals surface area contributed by atoms with Crippen molar-refractivity contribution in [1.29, 1.82) is 0 Å². The molecular formula is C23H32N4O5S. The summed E-state index contributed by atoms with van der Waals surface area (Å²) in [5.41, 5.74) is 1.46. The van der Waals surface area contributed by atoms with Crippen LogP contribution in [0.4, 0.5) is 11.4 Å². The van der Waals surface area contributed by atoms with Crippen molar-refractivity contribution in [2.45, 2.75) is 31.2 Å². The molecule has 10 heteroatoms. The predicted octanol–water partition coefficient (Wildman–Crippen LogP) is 2.44. The van der Waals surface area contributed by atoms with Crippen molar-refractivity contribution >= 4 is 27.3 Å². The smallest absolute Gasteiger partial charge is 0.262 e. The van der Waals surface area contributed by atoms with Crippen molar-refractivity contribution in [3.63, 3.8) is 0 Å². The number of carbonyl (C=O) groups is 1. The normalized spacial score (nSPS) is 15.0. The van der Waals surface area contributed by atoms with Gasteiger partial charge in [-0.05, 0) is 43.7 Å². The molecule has 0 aliphatic carbocycles. The van der Waals surface area contributed by atoms with E-state index in [2.05, 4.69) is 20.3 Å². The summed E-state index contributed by atoms with van der Waals surface area (Å²) in [7, 11) is -1.03. The van der Waals surface area contributed by atoms with Crippen LogP contribution < -0.4 is 29.7 Å². The van der Waals surface area contributed by atoms with Crippen LogP contribution in [0.5, 0.6) is 11.5 Å². The van der Waals surface area contributed by atoms with Gasteiger partial charge in [0.1, 0.15) is 0 Å². The number of nitrogens with zero attached hydrogens (tertiary/aromatic N) is 1. The molecule has 180 valence electrons. The number of sulfonamides is 1. The Morgan fingerprint density at radius 3 is 2.42 bits per heavy atom. The van der Waals surface area contributed by atoms with Crippen LogP contribution in [0.15, 0.2) is 41.3 Å². The molecule has 1 atom stereocenters. The van der Waals surface area contributed by atoms with Crippen molar-refractivity contribution < 1.29 is 22.7 Å². The molecule has 0 radical (unpaired) electrons. The van der Waals surface area contributed by atoms with Crippen LogP contribution in [0, 0.1) is 0 Å². The van der Waals surface area contributed by atoms with Gasteiger partial charge in [0.05, 0.1) is 30.5 Å². The van der Waals surface area contributed by atoms with E-state index < -0.39 is 10.0 Å². The van der Waals surface area contributed by atoms with Gasteiger partial charge in [0.15, 0.2) is 11.5 Å². The first kappa shape index (κ1) is 24.7. The molecule has 0 aromatic heterocycles. The average molecular weight is 477 g/mol. The fraction of sp³-hybridized carbons (Fsp3) is 0.435. The number of hydrogen-bond donors (Lipinski definition) is 3. The van der Waals surface area contributed by atoms with Crippen LogP contribution >= 0.6 is 0 Å². The highest BCUT2D eigenvalue weighted by atomic mass is 32.2. The zero-order chi connectivity index (χ0) is 24.0. The van der Waals surface area contributed by atoms with Crippen LogP contribution in [0.2, 0.25) is 0 Å². The van der Waals surface area contributed by atoms with E-state index in [4.69, 9.17) is 9.47 Å². The van der Waals surface area contributed by atoms with Gasteiger partial charge < -0.3 is 25.0 Å². The summed E-state index contributed by atoms with van der Waals surface area (Å²) in [6, 6.07) is 9.52. The molecule has 33 heavy (non-hydrogen) atoms. The maximum atomic E-state index is 13.3. The molecule has 0 bridgehead atoms. The summed E-state index contributed by atoms with van der Waals surface area (Å²) in [6.07, 6.45) is 0.795. The fourth-order valence-electron chi connectivity index (χ4n) is 3.54. The summed E-state index contributed by atoms with van der Waals surface area (Å²) in [5, 5.41) is 6.21. The molecule has 2 aromatic rings. The molecule has 0 spiro atoms. The molecule has 1 saturated heterocycles. The minimum absolute atomic E-state index is 0.0113. The minimum atomic E-state index is -3.96. The molecule has 1 fully saturated rings. The van der Waals surface area contributed by atoms with Crippen molar-refractivity contribution in [1.82, 2.24) is 10.6 Å². The zero-order valence-electron chi connectivity index (χ0n) is 19.5. The largest absolute Gasteiger partial charge is 0.493 e. The third kappa shape index (κ3) is 5.88. The van der Waals surface area contributed by atoms with E-state index in [0.29, 0.717) is 22.7 Å². The Labute approximate surface area is 195 Å². The Morgan fingerprint density at radius 2 is 1.79 bits per heavy atom. The standard InChI is InChI=1S/C23H32N4O5S/c1-5-16(2)25-23(28)17-6-8-20(27-12-10-24-11-13-27)19(14-17)26-33(29,30)18-7-9-21(31-3)22(15-18)32-4/h6-9,14-16,24,26H,5,10-13H2,1-4H3,(H,25,28)/t16-/m1/s1. The van der Waals surface area contributed by atoms with Gasteiger partial charge in [-0.25, -0.2) is 8.42 Å². The summed E-state index contributed by atoms with van der Waals surface area (Å²) in [4.78, 5) is 14.8. The highest BCUT2D eigenvalue weighted by molar-refractivity contribution is 7.92. The Bertz CT molecular complexity index is 1080. The van der Waals surface area contributed by atoms with Crippen LogP contribution in [0.1, 0.15) is 30.6 Å². The number of carbonyl (C=O) groups excluding carboxylic acids is 1. The van der Waals surface area contributed by atoms with Gasteiger partial charge in [0, 0.05) is 43.9 Å². The molecule has 1 heterocycles. The number of anilines is 2. The molecule has 0 unspecified atom stereocenters. The van der Waals surface area contributed by atoms with Gasteiger partial charge in [-0.1, -0.05) is 6.92 Å². The maximum absolute atomic E-state index is 13.3. The summed E-state index contributed by atoms with van der Waals surface area (Å²) >= 11 is 0. The second-order valence-corrected chi connectivity index (χ2v) is 9.56. The number of hydrogen-bond acceptors (Lipinski definition) is 7. The second kappa shape index (κ2) is 10.8. The lowest BCUT2D eigenvalue weighted by molar-refractivity contribution is 0.0939. The monoisotopic (exact) mass is 476 g/mol. The topological polar surface area (TPSA) is 109 Å². The van der Waals surface area contributed by atoms with Gasteiger partial charge in [-0.15, -0.1) is 0 Å². The van der Waals surface area contributed by atoms with E-state index in [9.17, 15) is 13.2 Å². The first-order valence-electron chi connectivity index (χ1n) is 10.9. The highest BCUT2D eigenvalue weighted by Gasteiger charge is 2.23. The molecule has 1 aliphatic rings. The lowest BCUT2D eigenvalue weighted by Gasteiger charge is -2.31. The van der Waals surface area contributed by atoms with Gasteiger partial charge in [-0.3, -0.25) is 9.52 Å². The van der Waals surface area contributed by atoms with Gasteiger partial charge >= 0.3 is 0 Å². The van der Waals surface area contributed by atoms with Crippen molar-refractivity contribution in [2.75, 3.05) is 50.0 Å². The van der Waals surface area contributed by atoms with Gasteiger partial charge in [0.2, 0.25) is 0 Å². The molecule has 3 rings (SSSR count). The van der Waals surface area contributed by atoms with E-state index in [1.54, 1.807) is 24.3 Å². The SMILES string of the molecule is CC[C@@H](C)NC(=O)c1ccc(N2CCNCC2)c(NS(=O)(=O)c2ccc(OC)c(OC)c2)c1. The number of nitrogens with one attached hydrogen (secondary N) is 3. The molecule has 1 amide bonds. The van der Waals surface area contributed by atoms with E-state index in [-0.39, 0.29) is 16.8 Å². The molecule has 9 nitrogen and oxygen atoms in total. The van der Waals surface area contributed by atoms with E-state index in [1.807, 2.05) is 13.8 Å². The lowest BCUT2D eigenvalue weighted by atomic mass is 10.1. The van der Waals surface area contributed by atoms with Crippen LogP contribution in [-0.4, -0.2) is 60.8 Å². The summed E-state index contributed by atoms with van der Waals surface area (Å²) in [5.74, 6) is 0.494. The lowest BCUT2D eigenvalue weighted by Crippen LogP contribution is -2.43. The first-order chi connectivity index (χ1) is 15.8. The third-order valence-electron chi connectivity index (χ3n) is 5.62. The van der Waals surface area contributed by atoms with E-state index in [1.165, 1.54) is 26.4 Å². The third-order valence-corrected chi connectivity index (χ3v) is 6.98. The van der Waals surface area contributed by atoms with Crippen LogP contribution in [-0.2, 0) is 10.0 Å². The van der Waals surface area contributed by atoms with Crippen molar-refractivity contribution in [3.8, 4) is 11.5 Å². The first-order valence-corrected chi connectivity index (χ1v) is 12.4. The Balaban J connectivity index is 1.99. The number of piperazine rings is 1. The molecule has 1 aliphatic heterocycles. The number of rotatable bonds is 9. The van der Waals surface area contributed by atoms with Gasteiger partial charge in [-0.2, -0.15) is 0 Å². The Morgan fingerprint density at radius 1 is 1.09 bits per heavy atom. The van der Waals surface area contributed by atoms with Crippen molar-refractivity contribution in [2.24, 2.45) is 0 Å². The number of amides is 1. The maximum Gasteiger partial charge on any atom is 0.262 e. The average Bonchev–Trinajstić information content (AvgIpc) is 2.83. The van der Waals surface area contributed by atoms with Crippen LogP contribution in [0.25, 0.3) is 0 Å². The van der Waals surface area contributed by atoms with Crippen molar-refractivity contribution in [3.05, 3.63) is 42.0 Å². The number of benzene rings is 2. The van der Waals surface area contributed by atoms with E-state index in [0.717, 1.165) is 38.3 Å². The number of ether oxygens (including phenoxy) is 2. The second-order valence-electron chi connectivity index (χ2n) is 7.87. The van der Waals surface area contributed by atoms with Gasteiger partial charge in [0.25, 0.3) is 15.9 Å². The molecular weight excluding hydrogens is 444 g/mol. The highest BCUT2D eigenvalue weighted by Crippen LogP contribution is 2.33. The van der Waals surface area contributed by atoms with E-state index >= 15 is 0 Å². The Hall–Kier alpha value is -2.98. The molecule has 3 N–H and O–H groups in total. The Kier molecular flexibility index (Phi) is 8.04. The quantitative estimate of drug-likeness (QED) is 0.510. The minimum Gasteiger partial charge on any atom is -0.493 e. The summed E-state index contributed by atoms with van der Waals surface area (Å²) < 4.78 is 39.7. The predicted molar refractivity (Wildman–Crippen MR) is 129 cm³/mol. The fourth-order valence-corrected chi connectivity index (χ4v) is 4.62. The van der Waals surface area contributed by atoms with Crippen LogP contribution in [0.3, 0.4) is 0 Å². The summed E-state index contributed by atoms with van der Waals surface area (Å²) in [6.45, 7) is 6.94. The number of methoxy groups -OCH3 is 2. The molecule has 2 aromatic carbocycles. The molecule has 0 saturated carbocycles.